The fraction of sp³-hybridized carbons (Fsp3) is 0.0500. The standard InChI is InChI=1S/C20H15FN2O2/c1-22-14-7-8-17(16(21)11-14)25-18-9-10-23-20-19(18)15(12-24-20)13-5-3-2-4-6-13/h2-12,22H,1H3. The normalized spacial score (nSPS) is 10.8. The average molecular weight is 334 g/mol. The Bertz CT molecular complexity index is 1030. The SMILES string of the molecule is CNc1ccc(Oc2ccnc3occ(-c4ccccc4)c23)c(F)c1. The van der Waals surface area contributed by atoms with Crippen molar-refractivity contribution in [3.8, 4) is 22.6 Å². The summed E-state index contributed by atoms with van der Waals surface area (Å²) < 4.78 is 25.7. The molecule has 25 heavy (non-hydrogen) atoms. The second-order valence-corrected chi connectivity index (χ2v) is 5.50. The minimum absolute atomic E-state index is 0.145. The summed E-state index contributed by atoms with van der Waals surface area (Å²) in [5, 5.41) is 3.61. The number of fused-ring (bicyclic) bond motifs is 1. The largest absolute Gasteiger partial charge is 0.453 e. The Morgan fingerprint density at radius 1 is 1.04 bits per heavy atom. The molecule has 0 aliphatic heterocycles. The van der Waals surface area contributed by atoms with Gasteiger partial charge >= 0.3 is 0 Å². The van der Waals surface area contributed by atoms with Gasteiger partial charge < -0.3 is 14.5 Å². The predicted molar refractivity (Wildman–Crippen MR) is 95.5 cm³/mol. The molecule has 0 radical (unpaired) electrons. The van der Waals surface area contributed by atoms with Crippen molar-refractivity contribution in [1.29, 1.82) is 0 Å². The number of furan rings is 1. The van der Waals surface area contributed by atoms with Gasteiger partial charge in [-0.25, -0.2) is 9.37 Å². The molecule has 2 aromatic carbocycles. The fourth-order valence-electron chi connectivity index (χ4n) is 2.71. The van der Waals surface area contributed by atoms with Crippen LogP contribution in [0, 0.1) is 5.82 Å². The molecule has 0 aliphatic carbocycles. The van der Waals surface area contributed by atoms with E-state index in [1.54, 1.807) is 37.7 Å². The minimum atomic E-state index is -0.443. The summed E-state index contributed by atoms with van der Waals surface area (Å²) >= 11 is 0. The van der Waals surface area contributed by atoms with Crippen LogP contribution in [0.4, 0.5) is 10.1 Å². The second-order valence-electron chi connectivity index (χ2n) is 5.50. The molecule has 5 heteroatoms. The molecule has 4 aromatic rings. The van der Waals surface area contributed by atoms with Gasteiger partial charge in [0.1, 0.15) is 12.0 Å². The van der Waals surface area contributed by atoms with Crippen LogP contribution in [0.1, 0.15) is 0 Å². The summed E-state index contributed by atoms with van der Waals surface area (Å²) in [6.45, 7) is 0. The average Bonchev–Trinajstić information content (AvgIpc) is 3.09. The Kier molecular flexibility index (Phi) is 3.82. The van der Waals surface area contributed by atoms with Gasteiger partial charge in [-0.2, -0.15) is 0 Å². The van der Waals surface area contributed by atoms with E-state index in [9.17, 15) is 4.39 Å². The highest BCUT2D eigenvalue weighted by Crippen LogP contribution is 2.38. The molecule has 0 bridgehead atoms. The van der Waals surface area contributed by atoms with Crippen LogP contribution in [0.15, 0.2) is 71.5 Å². The van der Waals surface area contributed by atoms with E-state index in [0.29, 0.717) is 22.5 Å². The van der Waals surface area contributed by atoms with E-state index >= 15 is 0 Å². The van der Waals surface area contributed by atoms with E-state index in [1.807, 2.05) is 30.3 Å². The van der Waals surface area contributed by atoms with Crippen molar-refractivity contribution in [3.63, 3.8) is 0 Å². The first kappa shape index (κ1) is 15.2. The zero-order chi connectivity index (χ0) is 17.2. The van der Waals surface area contributed by atoms with Gasteiger partial charge in [-0.05, 0) is 17.7 Å². The quantitative estimate of drug-likeness (QED) is 0.538. The Balaban J connectivity index is 1.81. The minimum Gasteiger partial charge on any atom is -0.453 e. The van der Waals surface area contributed by atoms with Crippen molar-refractivity contribution in [2.24, 2.45) is 0 Å². The maximum atomic E-state index is 14.3. The zero-order valence-electron chi connectivity index (χ0n) is 13.5. The third-order valence-corrected chi connectivity index (χ3v) is 3.96. The van der Waals surface area contributed by atoms with E-state index < -0.39 is 5.82 Å². The predicted octanol–water partition coefficient (Wildman–Crippen LogP) is 5.47. The summed E-state index contributed by atoms with van der Waals surface area (Å²) in [5.41, 5.74) is 2.96. The van der Waals surface area contributed by atoms with Gasteiger partial charge in [0.2, 0.25) is 5.71 Å². The van der Waals surface area contributed by atoms with Crippen molar-refractivity contribution < 1.29 is 13.5 Å². The van der Waals surface area contributed by atoms with E-state index in [4.69, 9.17) is 9.15 Å². The first-order valence-corrected chi connectivity index (χ1v) is 7.83. The molecule has 0 saturated heterocycles. The molecule has 0 fully saturated rings. The number of rotatable bonds is 4. The van der Waals surface area contributed by atoms with Crippen molar-refractivity contribution in [1.82, 2.24) is 4.98 Å². The monoisotopic (exact) mass is 334 g/mol. The molecule has 2 heterocycles. The molecular formula is C20H15FN2O2. The fourth-order valence-corrected chi connectivity index (χ4v) is 2.71. The molecule has 0 aliphatic rings. The third-order valence-electron chi connectivity index (χ3n) is 3.96. The maximum absolute atomic E-state index is 14.3. The van der Waals surface area contributed by atoms with Gasteiger partial charge in [0.25, 0.3) is 0 Å². The van der Waals surface area contributed by atoms with E-state index in [-0.39, 0.29) is 5.75 Å². The number of aromatic nitrogens is 1. The Hall–Kier alpha value is -3.34. The Morgan fingerprint density at radius 3 is 2.64 bits per heavy atom. The maximum Gasteiger partial charge on any atom is 0.230 e. The van der Waals surface area contributed by atoms with Crippen LogP contribution in [-0.2, 0) is 0 Å². The van der Waals surface area contributed by atoms with Crippen LogP contribution in [0.25, 0.3) is 22.2 Å². The molecule has 0 saturated carbocycles. The highest BCUT2D eigenvalue weighted by Gasteiger charge is 2.16. The van der Waals surface area contributed by atoms with E-state index in [1.165, 1.54) is 6.07 Å². The number of pyridine rings is 1. The summed E-state index contributed by atoms with van der Waals surface area (Å²) in [7, 11) is 1.74. The number of nitrogens with zero attached hydrogens (tertiary/aromatic N) is 1. The number of benzene rings is 2. The van der Waals surface area contributed by atoms with Gasteiger partial charge in [0.05, 0.1) is 5.39 Å². The molecule has 0 unspecified atom stereocenters. The molecule has 1 N–H and O–H groups in total. The van der Waals surface area contributed by atoms with Crippen molar-refractivity contribution >= 4 is 16.8 Å². The molecule has 4 rings (SSSR count). The molecule has 4 nitrogen and oxygen atoms in total. The first-order valence-electron chi connectivity index (χ1n) is 7.83. The first-order chi connectivity index (χ1) is 12.3. The lowest BCUT2D eigenvalue weighted by Gasteiger charge is -2.10. The van der Waals surface area contributed by atoms with Crippen molar-refractivity contribution in [2.75, 3.05) is 12.4 Å². The number of hydrogen-bond donors (Lipinski definition) is 1. The van der Waals surface area contributed by atoms with Crippen LogP contribution in [-0.4, -0.2) is 12.0 Å². The van der Waals surface area contributed by atoms with Crippen molar-refractivity contribution in [2.45, 2.75) is 0 Å². The summed E-state index contributed by atoms with van der Waals surface area (Å²) in [4.78, 5) is 4.23. The topological polar surface area (TPSA) is 47.3 Å². The number of nitrogens with one attached hydrogen (secondary N) is 1. The number of hydrogen-bond acceptors (Lipinski definition) is 4. The van der Waals surface area contributed by atoms with Gasteiger partial charge in [0.15, 0.2) is 11.6 Å². The van der Waals surface area contributed by atoms with E-state index in [0.717, 1.165) is 11.1 Å². The van der Waals surface area contributed by atoms with Crippen LogP contribution >= 0.6 is 0 Å². The lowest BCUT2D eigenvalue weighted by molar-refractivity contribution is 0.446. The highest BCUT2D eigenvalue weighted by atomic mass is 19.1. The summed E-state index contributed by atoms with van der Waals surface area (Å²) in [5.74, 6) is 0.196. The molecule has 0 amide bonds. The van der Waals surface area contributed by atoms with Crippen LogP contribution in [0.3, 0.4) is 0 Å². The molecule has 124 valence electrons. The van der Waals surface area contributed by atoms with E-state index in [2.05, 4.69) is 10.3 Å². The van der Waals surface area contributed by atoms with Crippen LogP contribution < -0.4 is 10.1 Å². The van der Waals surface area contributed by atoms with Crippen molar-refractivity contribution in [3.05, 3.63) is 72.9 Å². The van der Waals surface area contributed by atoms with Gasteiger partial charge in [0, 0.05) is 36.6 Å². The van der Waals surface area contributed by atoms with Crippen LogP contribution in [0.2, 0.25) is 0 Å². The zero-order valence-corrected chi connectivity index (χ0v) is 13.5. The number of ether oxygens (including phenoxy) is 1. The number of halogens is 1. The molecule has 2 aromatic heterocycles. The van der Waals surface area contributed by atoms with Crippen LogP contribution in [0.5, 0.6) is 11.5 Å². The molecular weight excluding hydrogens is 319 g/mol. The van der Waals surface area contributed by atoms with Gasteiger partial charge in [-0.1, -0.05) is 30.3 Å². The lowest BCUT2D eigenvalue weighted by atomic mass is 10.1. The number of anilines is 1. The van der Waals surface area contributed by atoms with Gasteiger partial charge in [-0.15, -0.1) is 0 Å². The third kappa shape index (κ3) is 2.80. The lowest BCUT2D eigenvalue weighted by Crippen LogP contribution is -1.93. The molecule has 0 atom stereocenters. The summed E-state index contributed by atoms with van der Waals surface area (Å²) in [6, 6.07) is 16.2. The highest BCUT2D eigenvalue weighted by molar-refractivity contribution is 5.96. The molecule has 0 spiro atoms. The Labute approximate surface area is 143 Å². The second kappa shape index (κ2) is 6.28. The Morgan fingerprint density at radius 2 is 1.88 bits per heavy atom. The van der Waals surface area contributed by atoms with Gasteiger partial charge in [-0.3, -0.25) is 0 Å². The smallest absolute Gasteiger partial charge is 0.230 e. The summed E-state index contributed by atoms with van der Waals surface area (Å²) in [6.07, 6.45) is 3.22.